The Morgan fingerprint density at radius 3 is 3.00 bits per heavy atom. The van der Waals surface area contributed by atoms with Crippen molar-refractivity contribution in [1.29, 1.82) is 0 Å². The van der Waals surface area contributed by atoms with Gasteiger partial charge in [0, 0.05) is 6.42 Å². The second-order valence-corrected chi connectivity index (χ2v) is 3.54. The summed E-state index contributed by atoms with van der Waals surface area (Å²) >= 11 is 0. The van der Waals surface area contributed by atoms with Crippen molar-refractivity contribution in [3.63, 3.8) is 0 Å². The van der Waals surface area contributed by atoms with Crippen LogP contribution in [0, 0.1) is 5.92 Å². The first-order valence-electron chi connectivity index (χ1n) is 4.56. The van der Waals surface area contributed by atoms with Crippen LogP contribution >= 0.6 is 0 Å². The lowest BCUT2D eigenvalue weighted by Crippen LogP contribution is -2.14. The molecule has 1 N–H and O–H groups in total. The van der Waals surface area contributed by atoms with Crippen molar-refractivity contribution >= 4 is 0 Å². The monoisotopic (exact) mass is 166 g/mol. The van der Waals surface area contributed by atoms with E-state index < -0.39 is 0 Å². The van der Waals surface area contributed by atoms with Gasteiger partial charge in [0.15, 0.2) is 0 Å². The number of hydrogen-bond donors (Lipinski definition) is 1. The van der Waals surface area contributed by atoms with Crippen LogP contribution in [-0.2, 0) is 6.42 Å². The molecule has 1 aliphatic carbocycles. The molecule has 2 heteroatoms. The van der Waals surface area contributed by atoms with Crippen LogP contribution in [0.4, 0.5) is 0 Å². The quantitative estimate of drug-likeness (QED) is 0.728. The average Bonchev–Trinajstić information content (AvgIpc) is 2.65. The van der Waals surface area contributed by atoms with Gasteiger partial charge in [-0.05, 0) is 30.9 Å². The molecule has 12 heavy (non-hydrogen) atoms. The van der Waals surface area contributed by atoms with Crippen molar-refractivity contribution in [2.75, 3.05) is 0 Å². The fraction of sp³-hybridized carbons (Fsp3) is 0.600. The fourth-order valence-electron chi connectivity index (χ4n) is 1.94. The lowest BCUT2D eigenvalue weighted by atomic mass is 10.0. The molecule has 2 unspecified atom stereocenters. The van der Waals surface area contributed by atoms with E-state index in [1.807, 2.05) is 12.1 Å². The predicted molar refractivity (Wildman–Crippen MR) is 45.8 cm³/mol. The summed E-state index contributed by atoms with van der Waals surface area (Å²) in [6.07, 6.45) is 5.75. The second-order valence-electron chi connectivity index (χ2n) is 3.54. The van der Waals surface area contributed by atoms with E-state index in [1.165, 1.54) is 0 Å². The molecule has 0 saturated heterocycles. The van der Waals surface area contributed by atoms with Gasteiger partial charge in [-0.15, -0.1) is 0 Å². The van der Waals surface area contributed by atoms with Crippen LogP contribution in [-0.4, -0.2) is 11.2 Å². The van der Waals surface area contributed by atoms with Gasteiger partial charge in [0.25, 0.3) is 0 Å². The highest BCUT2D eigenvalue weighted by atomic mass is 16.3. The summed E-state index contributed by atoms with van der Waals surface area (Å²) in [5.41, 5.74) is 0. The maximum absolute atomic E-state index is 9.55. The SMILES string of the molecule is OC1CCCC1Cc1ccco1. The summed E-state index contributed by atoms with van der Waals surface area (Å²) in [6.45, 7) is 0. The van der Waals surface area contributed by atoms with E-state index in [9.17, 15) is 5.11 Å². The zero-order valence-electron chi connectivity index (χ0n) is 7.07. The Morgan fingerprint density at radius 2 is 2.42 bits per heavy atom. The topological polar surface area (TPSA) is 33.4 Å². The van der Waals surface area contributed by atoms with Gasteiger partial charge in [-0.1, -0.05) is 6.42 Å². The summed E-state index contributed by atoms with van der Waals surface area (Å²) in [6, 6.07) is 3.88. The molecule has 1 aliphatic rings. The largest absolute Gasteiger partial charge is 0.469 e. The minimum Gasteiger partial charge on any atom is -0.469 e. The maximum Gasteiger partial charge on any atom is 0.104 e. The fourth-order valence-corrected chi connectivity index (χ4v) is 1.94. The van der Waals surface area contributed by atoms with Gasteiger partial charge in [-0.25, -0.2) is 0 Å². The maximum atomic E-state index is 9.55. The van der Waals surface area contributed by atoms with Crippen LogP contribution in [0.1, 0.15) is 25.0 Å². The van der Waals surface area contributed by atoms with E-state index in [0.29, 0.717) is 5.92 Å². The van der Waals surface area contributed by atoms with Crippen LogP contribution < -0.4 is 0 Å². The zero-order valence-corrected chi connectivity index (χ0v) is 7.07. The molecule has 1 saturated carbocycles. The Morgan fingerprint density at radius 1 is 1.50 bits per heavy atom. The average molecular weight is 166 g/mol. The number of aliphatic hydroxyl groups excluding tert-OH is 1. The molecule has 0 radical (unpaired) electrons. The first kappa shape index (κ1) is 7.87. The molecule has 0 aromatic carbocycles. The van der Waals surface area contributed by atoms with Crippen molar-refractivity contribution in [2.45, 2.75) is 31.8 Å². The minimum atomic E-state index is -0.102. The van der Waals surface area contributed by atoms with Crippen molar-refractivity contribution in [3.05, 3.63) is 24.2 Å². The first-order chi connectivity index (χ1) is 5.86. The van der Waals surface area contributed by atoms with Gasteiger partial charge in [0.1, 0.15) is 5.76 Å². The third-order valence-electron chi connectivity index (χ3n) is 2.66. The zero-order chi connectivity index (χ0) is 8.39. The number of hydrogen-bond acceptors (Lipinski definition) is 2. The number of aliphatic hydroxyl groups is 1. The molecule has 1 aromatic rings. The molecule has 1 fully saturated rings. The van der Waals surface area contributed by atoms with Gasteiger partial charge in [-0.2, -0.15) is 0 Å². The van der Waals surface area contributed by atoms with Crippen molar-refractivity contribution in [2.24, 2.45) is 5.92 Å². The van der Waals surface area contributed by atoms with Crippen molar-refractivity contribution in [3.8, 4) is 0 Å². The molecule has 1 heterocycles. The molecule has 0 aliphatic heterocycles. The van der Waals surface area contributed by atoms with E-state index in [4.69, 9.17) is 4.42 Å². The van der Waals surface area contributed by atoms with Gasteiger partial charge in [0.2, 0.25) is 0 Å². The Balaban J connectivity index is 1.95. The molecule has 2 nitrogen and oxygen atoms in total. The Labute approximate surface area is 72.2 Å². The standard InChI is InChI=1S/C10H14O2/c11-10-5-1-3-8(10)7-9-4-2-6-12-9/h2,4,6,8,10-11H,1,3,5,7H2. The highest BCUT2D eigenvalue weighted by molar-refractivity contribution is 5.00. The number of rotatable bonds is 2. The summed E-state index contributed by atoms with van der Waals surface area (Å²) in [5.74, 6) is 1.43. The van der Waals surface area contributed by atoms with Crippen molar-refractivity contribution in [1.82, 2.24) is 0 Å². The molecule has 0 spiro atoms. The van der Waals surface area contributed by atoms with Crippen LogP contribution in [0.3, 0.4) is 0 Å². The summed E-state index contributed by atoms with van der Waals surface area (Å²) in [5, 5.41) is 9.55. The highest BCUT2D eigenvalue weighted by Gasteiger charge is 2.25. The normalized spacial score (nSPS) is 29.4. The van der Waals surface area contributed by atoms with E-state index in [2.05, 4.69) is 0 Å². The Hall–Kier alpha value is -0.760. The van der Waals surface area contributed by atoms with Gasteiger partial charge in [-0.3, -0.25) is 0 Å². The van der Waals surface area contributed by atoms with Crippen LogP contribution in [0.5, 0.6) is 0 Å². The summed E-state index contributed by atoms with van der Waals surface area (Å²) in [4.78, 5) is 0. The highest BCUT2D eigenvalue weighted by Crippen LogP contribution is 2.28. The molecular weight excluding hydrogens is 152 g/mol. The lowest BCUT2D eigenvalue weighted by molar-refractivity contribution is 0.129. The molecule has 2 atom stereocenters. The third kappa shape index (κ3) is 1.53. The predicted octanol–water partition coefficient (Wildman–Crippen LogP) is 1.98. The molecule has 1 aromatic heterocycles. The number of furan rings is 1. The van der Waals surface area contributed by atoms with E-state index in [1.54, 1.807) is 6.26 Å². The van der Waals surface area contributed by atoms with Gasteiger partial charge < -0.3 is 9.52 Å². The summed E-state index contributed by atoms with van der Waals surface area (Å²) < 4.78 is 5.23. The smallest absolute Gasteiger partial charge is 0.104 e. The molecule has 0 bridgehead atoms. The van der Waals surface area contributed by atoms with Crippen LogP contribution in [0.2, 0.25) is 0 Å². The molecule has 0 amide bonds. The first-order valence-corrected chi connectivity index (χ1v) is 4.56. The van der Waals surface area contributed by atoms with Gasteiger partial charge in [0.05, 0.1) is 12.4 Å². The third-order valence-corrected chi connectivity index (χ3v) is 2.66. The molecular formula is C10H14O2. The van der Waals surface area contributed by atoms with E-state index in [0.717, 1.165) is 31.4 Å². The minimum absolute atomic E-state index is 0.102. The van der Waals surface area contributed by atoms with E-state index in [-0.39, 0.29) is 6.10 Å². The summed E-state index contributed by atoms with van der Waals surface area (Å²) in [7, 11) is 0. The van der Waals surface area contributed by atoms with Crippen LogP contribution in [0.15, 0.2) is 22.8 Å². The Bertz CT molecular complexity index is 228. The Kier molecular flexibility index (Phi) is 2.17. The second kappa shape index (κ2) is 3.31. The van der Waals surface area contributed by atoms with Crippen LogP contribution in [0.25, 0.3) is 0 Å². The lowest BCUT2D eigenvalue weighted by Gasteiger charge is -2.11. The molecule has 2 rings (SSSR count). The van der Waals surface area contributed by atoms with Gasteiger partial charge >= 0.3 is 0 Å². The van der Waals surface area contributed by atoms with E-state index >= 15 is 0 Å². The molecule has 66 valence electrons. The van der Waals surface area contributed by atoms with Crippen molar-refractivity contribution < 1.29 is 9.52 Å².